The Kier molecular flexibility index (Phi) is 5.06. The average molecular weight is 305 g/mol. The third-order valence-electron chi connectivity index (χ3n) is 4.46. The van der Waals surface area contributed by atoms with Crippen molar-refractivity contribution in [3.63, 3.8) is 0 Å². The van der Waals surface area contributed by atoms with E-state index in [0.717, 1.165) is 18.4 Å². The molecule has 2 N–H and O–H groups in total. The minimum atomic E-state index is -1.12. The Labute approximate surface area is 130 Å². The highest BCUT2D eigenvalue weighted by atomic mass is 16.5. The number of amides is 1. The largest absolute Gasteiger partial charge is 0.496 e. The fourth-order valence-corrected chi connectivity index (χ4v) is 2.98. The Hall–Kier alpha value is -2.04. The summed E-state index contributed by atoms with van der Waals surface area (Å²) in [4.78, 5) is 24.0. The monoisotopic (exact) mass is 305 g/mol. The van der Waals surface area contributed by atoms with Gasteiger partial charge in [0.15, 0.2) is 0 Å². The Balaban J connectivity index is 2.07. The molecule has 0 spiro atoms. The normalized spacial score (nSPS) is 24.5. The van der Waals surface area contributed by atoms with E-state index in [4.69, 9.17) is 4.74 Å². The molecule has 1 aliphatic carbocycles. The molecule has 0 aromatic heterocycles. The van der Waals surface area contributed by atoms with E-state index in [-0.39, 0.29) is 12.3 Å². The van der Waals surface area contributed by atoms with E-state index in [1.807, 2.05) is 18.2 Å². The van der Waals surface area contributed by atoms with Crippen LogP contribution in [0.25, 0.3) is 0 Å². The standard InChI is InChI=1S/C17H23NO4/c1-12-7-9-17(10-8-12,16(20)21)18-15(19)11-13-5-3-4-6-14(13)22-2/h3-6,12H,7-11H2,1-2H3,(H,18,19)(H,20,21). The number of methoxy groups -OCH3 is 1. The number of hydrogen-bond donors (Lipinski definition) is 2. The van der Waals surface area contributed by atoms with Gasteiger partial charge in [-0.2, -0.15) is 0 Å². The van der Waals surface area contributed by atoms with Crippen LogP contribution in [0.4, 0.5) is 0 Å². The van der Waals surface area contributed by atoms with Gasteiger partial charge in [-0.05, 0) is 37.7 Å². The topological polar surface area (TPSA) is 75.6 Å². The lowest BCUT2D eigenvalue weighted by molar-refractivity contribution is -0.149. The molecule has 0 saturated heterocycles. The summed E-state index contributed by atoms with van der Waals surface area (Å²) in [5, 5.41) is 12.3. The predicted octanol–water partition coefficient (Wildman–Crippen LogP) is 2.39. The first kappa shape index (κ1) is 16.3. The number of carboxylic acid groups (broad SMARTS) is 1. The zero-order chi connectivity index (χ0) is 16.2. The lowest BCUT2D eigenvalue weighted by atomic mass is 9.77. The Bertz CT molecular complexity index is 547. The zero-order valence-corrected chi connectivity index (χ0v) is 13.1. The number of carbonyl (C=O) groups excluding carboxylic acids is 1. The first-order chi connectivity index (χ1) is 10.5. The Morgan fingerprint density at radius 1 is 1.32 bits per heavy atom. The fraction of sp³-hybridized carbons (Fsp3) is 0.529. The van der Waals surface area contributed by atoms with Crippen LogP contribution in [0.15, 0.2) is 24.3 Å². The van der Waals surface area contributed by atoms with Crippen LogP contribution in [0.2, 0.25) is 0 Å². The molecule has 1 aliphatic rings. The summed E-state index contributed by atoms with van der Waals surface area (Å²) in [5.41, 5.74) is -0.363. The van der Waals surface area contributed by atoms with Crippen molar-refractivity contribution in [1.29, 1.82) is 0 Å². The van der Waals surface area contributed by atoms with Gasteiger partial charge in [0, 0.05) is 5.56 Å². The zero-order valence-electron chi connectivity index (χ0n) is 13.1. The van der Waals surface area contributed by atoms with Crippen LogP contribution < -0.4 is 10.1 Å². The van der Waals surface area contributed by atoms with Crippen LogP contribution >= 0.6 is 0 Å². The number of nitrogens with one attached hydrogen (secondary N) is 1. The minimum absolute atomic E-state index is 0.120. The van der Waals surface area contributed by atoms with Gasteiger partial charge in [-0.1, -0.05) is 25.1 Å². The van der Waals surface area contributed by atoms with Crippen molar-refractivity contribution >= 4 is 11.9 Å². The number of aliphatic carboxylic acids is 1. The molecule has 1 fully saturated rings. The Morgan fingerprint density at radius 2 is 1.95 bits per heavy atom. The van der Waals surface area contributed by atoms with Gasteiger partial charge in [0.1, 0.15) is 11.3 Å². The number of rotatable bonds is 5. The quantitative estimate of drug-likeness (QED) is 0.876. The number of hydrogen-bond acceptors (Lipinski definition) is 3. The second kappa shape index (κ2) is 6.81. The van der Waals surface area contributed by atoms with E-state index in [2.05, 4.69) is 12.2 Å². The molecule has 0 unspecified atom stereocenters. The van der Waals surface area contributed by atoms with Crippen LogP contribution in [0, 0.1) is 5.92 Å². The van der Waals surface area contributed by atoms with E-state index in [1.165, 1.54) is 0 Å². The van der Waals surface area contributed by atoms with Crippen LogP contribution in [-0.2, 0) is 16.0 Å². The first-order valence-corrected chi connectivity index (χ1v) is 7.63. The van der Waals surface area contributed by atoms with Gasteiger partial charge in [-0.3, -0.25) is 4.79 Å². The van der Waals surface area contributed by atoms with E-state index >= 15 is 0 Å². The van der Waals surface area contributed by atoms with Gasteiger partial charge < -0.3 is 15.2 Å². The van der Waals surface area contributed by atoms with Gasteiger partial charge in [0.2, 0.25) is 5.91 Å². The summed E-state index contributed by atoms with van der Waals surface area (Å²) in [6.07, 6.45) is 2.74. The second-order valence-corrected chi connectivity index (χ2v) is 6.11. The van der Waals surface area contributed by atoms with Crippen molar-refractivity contribution in [2.75, 3.05) is 7.11 Å². The predicted molar refractivity (Wildman–Crippen MR) is 82.8 cm³/mol. The third-order valence-corrected chi connectivity index (χ3v) is 4.46. The lowest BCUT2D eigenvalue weighted by Gasteiger charge is -2.36. The van der Waals surface area contributed by atoms with Crippen LogP contribution in [0.5, 0.6) is 5.75 Å². The molecule has 5 heteroatoms. The molecule has 0 radical (unpaired) electrons. The summed E-state index contributed by atoms with van der Waals surface area (Å²) < 4.78 is 5.23. The molecule has 5 nitrogen and oxygen atoms in total. The van der Waals surface area contributed by atoms with E-state index < -0.39 is 11.5 Å². The smallest absolute Gasteiger partial charge is 0.329 e. The molecule has 1 amide bonds. The number of carboxylic acids is 1. The number of benzene rings is 1. The summed E-state index contributed by atoms with van der Waals surface area (Å²) in [7, 11) is 1.55. The van der Waals surface area contributed by atoms with Gasteiger partial charge in [-0.15, -0.1) is 0 Å². The maximum absolute atomic E-state index is 12.3. The van der Waals surface area contributed by atoms with E-state index in [9.17, 15) is 14.7 Å². The van der Waals surface area contributed by atoms with Crippen LogP contribution in [-0.4, -0.2) is 29.6 Å². The van der Waals surface area contributed by atoms with Crippen molar-refractivity contribution in [3.8, 4) is 5.75 Å². The molecule has 1 aromatic rings. The molecule has 0 bridgehead atoms. The summed E-state index contributed by atoms with van der Waals surface area (Å²) in [5.74, 6) is -0.0629. The minimum Gasteiger partial charge on any atom is -0.496 e. The molecular formula is C17H23NO4. The molecule has 0 heterocycles. The highest BCUT2D eigenvalue weighted by molar-refractivity contribution is 5.88. The van der Waals surface area contributed by atoms with Gasteiger partial charge in [-0.25, -0.2) is 4.79 Å². The van der Waals surface area contributed by atoms with Crippen LogP contribution in [0.3, 0.4) is 0 Å². The van der Waals surface area contributed by atoms with E-state index in [1.54, 1.807) is 13.2 Å². The van der Waals surface area contributed by atoms with Gasteiger partial charge in [0.25, 0.3) is 0 Å². The fourth-order valence-electron chi connectivity index (χ4n) is 2.98. The molecule has 0 atom stereocenters. The highest BCUT2D eigenvalue weighted by Crippen LogP contribution is 2.32. The molecule has 120 valence electrons. The lowest BCUT2D eigenvalue weighted by Crippen LogP contribution is -2.56. The number of para-hydroxylation sites is 1. The molecule has 22 heavy (non-hydrogen) atoms. The second-order valence-electron chi connectivity index (χ2n) is 6.11. The number of ether oxygens (including phenoxy) is 1. The average Bonchev–Trinajstić information content (AvgIpc) is 2.50. The molecule has 0 aliphatic heterocycles. The molecule has 1 saturated carbocycles. The Morgan fingerprint density at radius 3 is 2.55 bits per heavy atom. The highest BCUT2D eigenvalue weighted by Gasteiger charge is 2.42. The summed E-state index contributed by atoms with van der Waals surface area (Å²) in [6.45, 7) is 2.11. The molecular weight excluding hydrogens is 282 g/mol. The summed E-state index contributed by atoms with van der Waals surface area (Å²) in [6, 6.07) is 7.27. The van der Waals surface area contributed by atoms with E-state index in [0.29, 0.717) is 24.5 Å². The van der Waals surface area contributed by atoms with Crippen molar-refractivity contribution < 1.29 is 19.4 Å². The SMILES string of the molecule is COc1ccccc1CC(=O)NC1(C(=O)O)CCC(C)CC1. The van der Waals surface area contributed by atoms with Crippen molar-refractivity contribution in [2.45, 2.75) is 44.6 Å². The molecule has 1 aromatic carbocycles. The third kappa shape index (κ3) is 3.59. The van der Waals surface area contributed by atoms with Crippen molar-refractivity contribution in [2.24, 2.45) is 5.92 Å². The molecule has 2 rings (SSSR count). The maximum Gasteiger partial charge on any atom is 0.329 e. The first-order valence-electron chi connectivity index (χ1n) is 7.63. The van der Waals surface area contributed by atoms with Gasteiger partial charge in [0.05, 0.1) is 13.5 Å². The van der Waals surface area contributed by atoms with Crippen LogP contribution in [0.1, 0.15) is 38.2 Å². The number of carbonyl (C=O) groups is 2. The maximum atomic E-state index is 12.3. The van der Waals surface area contributed by atoms with Gasteiger partial charge >= 0.3 is 5.97 Å². The van der Waals surface area contributed by atoms with Crippen molar-refractivity contribution in [1.82, 2.24) is 5.32 Å². The summed E-state index contributed by atoms with van der Waals surface area (Å²) >= 11 is 0. The van der Waals surface area contributed by atoms with Crippen molar-refractivity contribution in [3.05, 3.63) is 29.8 Å².